The molecule has 0 radical (unpaired) electrons. The van der Waals surface area contributed by atoms with Crippen molar-refractivity contribution >= 4 is 11.3 Å². The molecule has 1 aromatic heterocycles. The maximum atomic E-state index is 9.78. The molecule has 4 nitrogen and oxygen atoms in total. The minimum absolute atomic E-state index is 0.235. The van der Waals surface area contributed by atoms with Crippen molar-refractivity contribution in [1.82, 2.24) is 4.98 Å². The molecule has 1 fully saturated rings. The minimum atomic E-state index is -0.432. The Kier molecular flexibility index (Phi) is 3.69. The Morgan fingerprint density at radius 2 is 2.33 bits per heavy atom. The topological polar surface area (TPSA) is 51.6 Å². The molecule has 1 saturated heterocycles. The van der Waals surface area contributed by atoms with E-state index in [9.17, 15) is 5.11 Å². The van der Waals surface area contributed by atoms with Gasteiger partial charge in [0.1, 0.15) is 0 Å². The van der Waals surface area contributed by atoms with Crippen LogP contribution in [0.1, 0.15) is 17.1 Å². The highest BCUT2D eigenvalue weighted by Gasteiger charge is 2.20. The number of aliphatic hydroxyl groups is 1. The molecule has 1 unspecified atom stereocenters. The first-order chi connectivity index (χ1) is 7.24. The molecular weight excluding hydrogens is 214 g/mol. The lowest BCUT2D eigenvalue weighted by atomic mass is 10.2. The maximum Gasteiger partial charge on any atom is 0.160 e. The zero-order chi connectivity index (χ0) is 10.7. The molecule has 0 spiro atoms. The first-order valence-corrected chi connectivity index (χ1v) is 5.94. The van der Waals surface area contributed by atoms with E-state index in [0.29, 0.717) is 26.1 Å². The van der Waals surface area contributed by atoms with Gasteiger partial charge in [-0.15, -0.1) is 11.3 Å². The lowest BCUT2D eigenvalue weighted by Crippen LogP contribution is -2.20. The number of hydrogen-bond acceptors (Lipinski definition) is 5. The van der Waals surface area contributed by atoms with E-state index < -0.39 is 6.10 Å². The normalized spacial score (nSPS) is 19.6. The Morgan fingerprint density at radius 3 is 2.93 bits per heavy atom. The van der Waals surface area contributed by atoms with Gasteiger partial charge < -0.3 is 14.6 Å². The van der Waals surface area contributed by atoms with Gasteiger partial charge in [-0.2, -0.15) is 0 Å². The Bertz CT molecular complexity index is 309. The summed E-state index contributed by atoms with van der Waals surface area (Å²) in [5.74, 6) is 0. The van der Waals surface area contributed by atoms with Gasteiger partial charge in [0.15, 0.2) is 6.29 Å². The molecule has 0 saturated carbocycles. The van der Waals surface area contributed by atoms with Crippen LogP contribution in [-0.2, 0) is 15.9 Å². The van der Waals surface area contributed by atoms with Crippen molar-refractivity contribution in [2.75, 3.05) is 13.2 Å². The summed E-state index contributed by atoms with van der Waals surface area (Å²) in [4.78, 5) is 4.30. The quantitative estimate of drug-likeness (QED) is 0.840. The zero-order valence-electron chi connectivity index (χ0n) is 8.68. The SMILES string of the molecule is Cc1csc(CC(O)CC2OCCO2)n1. The fourth-order valence-corrected chi connectivity index (χ4v) is 2.39. The van der Waals surface area contributed by atoms with Crippen molar-refractivity contribution in [3.8, 4) is 0 Å². The summed E-state index contributed by atoms with van der Waals surface area (Å²) >= 11 is 1.58. The van der Waals surface area contributed by atoms with Gasteiger partial charge >= 0.3 is 0 Å². The lowest BCUT2D eigenvalue weighted by Gasteiger charge is -2.13. The third-order valence-electron chi connectivity index (χ3n) is 2.23. The molecule has 0 amide bonds. The number of nitrogens with zero attached hydrogens (tertiary/aromatic N) is 1. The molecule has 5 heteroatoms. The van der Waals surface area contributed by atoms with Crippen LogP contribution < -0.4 is 0 Å². The van der Waals surface area contributed by atoms with Crippen LogP contribution in [-0.4, -0.2) is 35.7 Å². The van der Waals surface area contributed by atoms with E-state index in [-0.39, 0.29) is 6.29 Å². The van der Waals surface area contributed by atoms with Crippen molar-refractivity contribution in [2.24, 2.45) is 0 Å². The molecule has 0 bridgehead atoms. The molecule has 84 valence electrons. The third-order valence-corrected chi connectivity index (χ3v) is 3.22. The average molecular weight is 229 g/mol. The maximum absolute atomic E-state index is 9.78. The molecular formula is C10H15NO3S. The highest BCUT2D eigenvalue weighted by atomic mass is 32.1. The van der Waals surface area contributed by atoms with Crippen LogP contribution in [0.3, 0.4) is 0 Å². The summed E-state index contributed by atoms with van der Waals surface area (Å²) in [5, 5.41) is 12.7. The summed E-state index contributed by atoms with van der Waals surface area (Å²) in [5.41, 5.74) is 1.01. The van der Waals surface area contributed by atoms with Gasteiger partial charge in [-0.3, -0.25) is 0 Å². The van der Waals surface area contributed by atoms with Crippen LogP contribution in [0.4, 0.5) is 0 Å². The largest absolute Gasteiger partial charge is 0.392 e. The second kappa shape index (κ2) is 5.03. The van der Waals surface area contributed by atoms with Crippen LogP contribution in [0.15, 0.2) is 5.38 Å². The van der Waals surface area contributed by atoms with Gasteiger partial charge in [0.05, 0.1) is 24.3 Å². The van der Waals surface area contributed by atoms with E-state index in [2.05, 4.69) is 4.98 Å². The predicted molar refractivity (Wildman–Crippen MR) is 56.9 cm³/mol. The Balaban J connectivity index is 1.78. The van der Waals surface area contributed by atoms with Crippen LogP contribution in [0.5, 0.6) is 0 Å². The number of thiazole rings is 1. The molecule has 1 aliphatic heterocycles. The number of aliphatic hydroxyl groups excluding tert-OH is 1. The fourth-order valence-electron chi connectivity index (χ4n) is 1.55. The first-order valence-electron chi connectivity index (χ1n) is 5.06. The van der Waals surface area contributed by atoms with E-state index >= 15 is 0 Å². The molecule has 1 aliphatic rings. The monoisotopic (exact) mass is 229 g/mol. The van der Waals surface area contributed by atoms with Crippen LogP contribution in [0, 0.1) is 6.92 Å². The first kappa shape index (κ1) is 11.0. The van der Waals surface area contributed by atoms with E-state index in [1.165, 1.54) is 0 Å². The van der Waals surface area contributed by atoms with Gasteiger partial charge in [0, 0.05) is 23.9 Å². The van der Waals surface area contributed by atoms with Crippen LogP contribution in [0.25, 0.3) is 0 Å². The van der Waals surface area contributed by atoms with Crippen LogP contribution >= 0.6 is 11.3 Å². The van der Waals surface area contributed by atoms with Crippen molar-refractivity contribution in [2.45, 2.75) is 32.2 Å². The standard InChI is InChI=1S/C10H15NO3S/c1-7-6-15-9(11-7)4-8(12)5-10-13-2-3-14-10/h6,8,10,12H,2-5H2,1H3. The molecule has 1 aromatic rings. The molecule has 0 aliphatic carbocycles. The zero-order valence-corrected chi connectivity index (χ0v) is 9.50. The number of rotatable bonds is 4. The number of hydrogen-bond donors (Lipinski definition) is 1. The van der Waals surface area contributed by atoms with Gasteiger partial charge in [-0.05, 0) is 6.92 Å². The van der Waals surface area contributed by atoms with E-state index in [1.807, 2.05) is 12.3 Å². The van der Waals surface area contributed by atoms with E-state index in [4.69, 9.17) is 9.47 Å². The van der Waals surface area contributed by atoms with Crippen LogP contribution in [0.2, 0.25) is 0 Å². The molecule has 1 atom stereocenters. The highest BCUT2D eigenvalue weighted by molar-refractivity contribution is 7.09. The second-order valence-corrected chi connectivity index (χ2v) is 4.59. The Hall–Kier alpha value is -0.490. The summed E-state index contributed by atoms with van der Waals surface area (Å²) in [6.45, 7) is 3.22. The minimum Gasteiger partial charge on any atom is -0.392 e. The average Bonchev–Trinajstić information content (AvgIpc) is 2.77. The molecule has 0 aromatic carbocycles. The number of aryl methyl sites for hydroxylation is 1. The molecule has 2 heterocycles. The van der Waals surface area contributed by atoms with Gasteiger partial charge in [0.25, 0.3) is 0 Å². The predicted octanol–water partition coefficient (Wildman–Crippen LogP) is 1.12. The van der Waals surface area contributed by atoms with Crippen molar-refractivity contribution < 1.29 is 14.6 Å². The third kappa shape index (κ3) is 3.24. The Labute approximate surface area is 92.9 Å². The van der Waals surface area contributed by atoms with Gasteiger partial charge in [-0.25, -0.2) is 4.98 Å². The van der Waals surface area contributed by atoms with E-state index in [1.54, 1.807) is 11.3 Å². The Morgan fingerprint density at radius 1 is 1.60 bits per heavy atom. The summed E-state index contributed by atoms with van der Waals surface area (Å²) < 4.78 is 10.5. The second-order valence-electron chi connectivity index (χ2n) is 3.65. The van der Waals surface area contributed by atoms with E-state index in [0.717, 1.165) is 10.7 Å². The van der Waals surface area contributed by atoms with Gasteiger partial charge in [0.2, 0.25) is 0 Å². The molecule has 2 rings (SSSR count). The van der Waals surface area contributed by atoms with Crippen molar-refractivity contribution in [3.63, 3.8) is 0 Å². The summed E-state index contributed by atoms with van der Waals surface area (Å²) in [6, 6.07) is 0. The lowest BCUT2D eigenvalue weighted by molar-refractivity contribution is -0.0698. The fraction of sp³-hybridized carbons (Fsp3) is 0.700. The number of ether oxygens (including phenoxy) is 2. The summed E-state index contributed by atoms with van der Waals surface area (Å²) in [7, 11) is 0. The molecule has 15 heavy (non-hydrogen) atoms. The van der Waals surface area contributed by atoms with Crippen molar-refractivity contribution in [1.29, 1.82) is 0 Å². The van der Waals surface area contributed by atoms with Crippen molar-refractivity contribution in [3.05, 3.63) is 16.1 Å². The van der Waals surface area contributed by atoms with Gasteiger partial charge in [-0.1, -0.05) is 0 Å². The molecule has 1 N–H and O–H groups in total. The summed E-state index contributed by atoms with van der Waals surface area (Å²) in [6.07, 6.45) is 0.445. The highest BCUT2D eigenvalue weighted by Crippen LogP contribution is 2.16. The smallest absolute Gasteiger partial charge is 0.160 e. The number of aromatic nitrogens is 1.